The average Bonchev–Trinajstić information content (AvgIpc) is 3.10. The Morgan fingerprint density at radius 3 is 2.56 bits per heavy atom. The predicted molar refractivity (Wildman–Crippen MR) is 113 cm³/mol. The van der Waals surface area contributed by atoms with E-state index in [1.807, 2.05) is 0 Å². The van der Waals surface area contributed by atoms with E-state index < -0.39 is 10.0 Å². The molecule has 2 heterocycles. The van der Waals surface area contributed by atoms with Gasteiger partial charge < -0.3 is 10.6 Å². The number of sulfonamides is 1. The topological polar surface area (TPSA) is 86.7 Å². The molecule has 1 aliphatic heterocycles. The van der Waals surface area contributed by atoms with Crippen molar-refractivity contribution in [3.8, 4) is 0 Å². The number of piperidine rings is 1. The van der Waals surface area contributed by atoms with Gasteiger partial charge in [-0.2, -0.15) is 0 Å². The summed E-state index contributed by atoms with van der Waals surface area (Å²) in [5.41, 5.74) is 1.22. The predicted octanol–water partition coefficient (Wildman–Crippen LogP) is 1.96. The number of rotatable bonds is 6. The van der Waals surface area contributed by atoms with E-state index in [1.54, 1.807) is 29.6 Å². The standard InChI is InChI=1S/C18H33N5O2S2/c1-6-27(24,25)23-11-8-14(9-12-23)21-17(19-5)20-10-7-16-22-15(13-26-16)18(2,3)4/h13-14H,6-12H2,1-5H3,(H2,19,20,21). The molecule has 1 aromatic heterocycles. The summed E-state index contributed by atoms with van der Waals surface area (Å²) in [4.78, 5) is 9.00. The Balaban J connectivity index is 1.76. The molecule has 0 bridgehead atoms. The normalized spacial score (nSPS) is 17.9. The van der Waals surface area contributed by atoms with Crippen LogP contribution < -0.4 is 10.6 Å². The number of hydrogen-bond donors (Lipinski definition) is 2. The van der Waals surface area contributed by atoms with E-state index in [0.29, 0.717) is 13.1 Å². The Labute approximate surface area is 167 Å². The maximum Gasteiger partial charge on any atom is 0.213 e. The minimum atomic E-state index is -3.08. The van der Waals surface area contributed by atoms with Gasteiger partial charge in [0.25, 0.3) is 0 Å². The molecule has 0 radical (unpaired) electrons. The monoisotopic (exact) mass is 415 g/mol. The number of nitrogens with zero attached hydrogens (tertiary/aromatic N) is 3. The smallest absolute Gasteiger partial charge is 0.213 e. The van der Waals surface area contributed by atoms with Crippen molar-refractivity contribution < 1.29 is 8.42 Å². The summed E-state index contributed by atoms with van der Waals surface area (Å²) < 4.78 is 25.5. The van der Waals surface area contributed by atoms with Gasteiger partial charge in [0.05, 0.1) is 16.5 Å². The molecule has 0 aromatic carbocycles. The van der Waals surface area contributed by atoms with Gasteiger partial charge in [0.1, 0.15) is 0 Å². The molecule has 0 unspecified atom stereocenters. The summed E-state index contributed by atoms with van der Waals surface area (Å²) in [6.07, 6.45) is 2.44. The first kappa shape index (κ1) is 22.1. The van der Waals surface area contributed by atoms with Crippen LogP contribution in [-0.2, 0) is 21.9 Å². The minimum absolute atomic E-state index is 0.0832. The molecule has 1 aromatic rings. The maximum absolute atomic E-state index is 11.9. The van der Waals surface area contributed by atoms with Gasteiger partial charge in [0.2, 0.25) is 10.0 Å². The van der Waals surface area contributed by atoms with Crippen molar-refractivity contribution in [3.63, 3.8) is 0 Å². The molecule has 1 saturated heterocycles. The third-order valence-electron chi connectivity index (χ3n) is 4.73. The lowest BCUT2D eigenvalue weighted by Gasteiger charge is -2.32. The summed E-state index contributed by atoms with van der Waals surface area (Å²) in [6, 6.07) is 0.242. The lowest BCUT2D eigenvalue weighted by Crippen LogP contribution is -2.50. The van der Waals surface area contributed by atoms with Crippen LogP contribution >= 0.6 is 11.3 Å². The Hall–Kier alpha value is -1.19. The van der Waals surface area contributed by atoms with E-state index in [1.165, 1.54) is 0 Å². The molecule has 1 aliphatic rings. The number of thiazole rings is 1. The van der Waals surface area contributed by atoms with Gasteiger partial charge in [-0.1, -0.05) is 20.8 Å². The number of aromatic nitrogens is 1. The summed E-state index contributed by atoms with van der Waals surface area (Å²) in [7, 11) is -1.32. The van der Waals surface area contributed by atoms with Gasteiger partial charge in [-0.25, -0.2) is 17.7 Å². The van der Waals surface area contributed by atoms with Crippen LogP contribution in [0.2, 0.25) is 0 Å². The first-order valence-electron chi connectivity index (χ1n) is 9.55. The lowest BCUT2D eigenvalue weighted by atomic mass is 9.93. The van der Waals surface area contributed by atoms with Crippen molar-refractivity contribution in [3.05, 3.63) is 16.1 Å². The van der Waals surface area contributed by atoms with Crippen LogP contribution in [0.4, 0.5) is 0 Å². The van der Waals surface area contributed by atoms with E-state index in [0.717, 1.165) is 42.5 Å². The fourth-order valence-corrected chi connectivity index (χ4v) is 5.06. The highest BCUT2D eigenvalue weighted by Crippen LogP contribution is 2.23. The van der Waals surface area contributed by atoms with Crippen molar-refractivity contribution in [1.82, 2.24) is 19.9 Å². The second kappa shape index (κ2) is 9.34. The van der Waals surface area contributed by atoms with Crippen LogP contribution in [0.1, 0.15) is 51.2 Å². The first-order valence-corrected chi connectivity index (χ1v) is 12.0. The summed E-state index contributed by atoms with van der Waals surface area (Å²) in [5.74, 6) is 0.932. The maximum atomic E-state index is 11.9. The van der Waals surface area contributed by atoms with Crippen LogP contribution in [-0.4, -0.2) is 62.1 Å². The van der Waals surface area contributed by atoms with Gasteiger partial charge in [-0.05, 0) is 19.8 Å². The number of aliphatic imine (C=N–C) groups is 1. The first-order chi connectivity index (χ1) is 12.7. The van der Waals surface area contributed by atoms with Gasteiger partial charge in [0, 0.05) is 49.9 Å². The molecular formula is C18H33N5O2S2. The summed E-state index contributed by atoms with van der Waals surface area (Å²) in [5, 5.41) is 10.0. The molecule has 0 aliphatic carbocycles. The molecule has 1 fully saturated rings. The summed E-state index contributed by atoms with van der Waals surface area (Å²) >= 11 is 1.70. The minimum Gasteiger partial charge on any atom is -0.356 e. The van der Waals surface area contributed by atoms with E-state index >= 15 is 0 Å². The zero-order valence-corrected chi connectivity index (χ0v) is 18.7. The highest BCUT2D eigenvalue weighted by Gasteiger charge is 2.27. The molecule has 2 N–H and O–H groups in total. The largest absolute Gasteiger partial charge is 0.356 e. The van der Waals surface area contributed by atoms with Crippen molar-refractivity contribution in [2.45, 2.75) is 58.4 Å². The van der Waals surface area contributed by atoms with Crippen LogP contribution in [0.15, 0.2) is 10.4 Å². The van der Waals surface area contributed by atoms with Crippen LogP contribution in [0.5, 0.6) is 0 Å². The molecule has 27 heavy (non-hydrogen) atoms. The highest BCUT2D eigenvalue weighted by molar-refractivity contribution is 7.89. The number of nitrogens with one attached hydrogen (secondary N) is 2. The Kier molecular flexibility index (Phi) is 7.64. The quantitative estimate of drug-likeness (QED) is 0.548. The molecule has 2 rings (SSSR count). The number of guanidine groups is 1. The Morgan fingerprint density at radius 2 is 2.04 bits per heavy atom. The summed E-state index contributed by atoms with van der Waals surface area (Å²) in [6.45, 7) is 10.1. The average molecular weight is 416 g/mol. The van der Waals surface area contributed by atoms with Gasteiger partial charge in [0.15, 0.2) is 5.96 Å². The molecule has 9 heteroatoms. The third kappa shape index (κ3) is 6.43. The zero-order valence-electron chi connectivity index (χ0n) is 17.1. The fourth-order valence-electron chi connectivity index (χ4n) is 2.91. The molecule has 0 spiro atoms. The Bertz CT molecular complexity index is 729. The van der Waals surface area contributed by atoms with Crippen molar-refractivity contribution in [2.24, 2.45) is 4.99 Å². The van der Waals surface area contributed by atoms with Crippen LogP contribution in [0.3, 0.4) is 0 Å². The van der Waals surface area contributed by atoms with Gasteiger partial charge >= 0.3 is 0 Å². The molecule has 0 amide bonds. The molecule has 7 nitrogen and oxygen atoms in total. The van der Waals surface area contributed by atoms with Crippen LogP contribution in [0.25, 0.3) is 0 Å². The third-order valence-corrected chi connectivity index (χ3v) is 7.52. The highest BCUT2D eigenvalue weighted by atomic mass is 32.2. The molecule has 0 saturated carbocycles. The van der Waals surface area contributed by atoms with Gasteiger partial charge in [-0.3, -0.25) is 4.99 Å². The zero-order chi connectivity index (χ0) is 20.1. The molecule has 154 valence electrons. The number of hydrogen-bond acceptors (Lipinski definition) is 5. The van der Waals surface area contributed by atoms with E-state index in [9.17, 15) is 8.42 Å². The van der Waals surface area contributed by atoms with Crippen molar-refractivity contribution >= 4 is 27.3 Å². The second-order valence-corrected chi connectivity index (χ2v) is 11.0. The van der Waals surface area contributed by atoms with E-state index in [4.69, 9.17) is 4.98 Å². The van der Waals surface area contributed by atoms with E-state index in [2.05, 4.69) is 41.8 Å². The van der Waals surface area contributed by atoms with Crippen molar-refractivity contribution in [1.29, 1.82) is 0 Å². The lowest BCUT2D eigenvalue weighted by molar-refractivity contribution is 0.306. The fraction of sp³-hybridized carbons (Fsp3) is 0.778. The SMILES string of the molecule is CCS(=O)(=O)N1CCC(NC(=NC)NCCc2nc(C(C)(C)C)cs2)CC1. The van der Waals surface area contributed by atoms with Crippen molar-refractivity contribution in [2.75, 3.05) is 32.4 Å². The van der Waals surface area contributed by atoms with E-state index in [-0.39, 0.29) is 17.2 Å². The second-order valence-electron chi connectivity index (χ2n) is 7.84. The van der Waals surface area contributed by atoms with Crippen LogP contribution in [0, 0.1) is 0 Å². The molecule has 0 atom stereocenters. The molecular weight excluding hydrogens is 382 g/mol. The van der Waals surface area contributed by atoms with Gasteiger partial charge in [-0.15, -0.1) is 11.3 Å². The Morgan fingerprint density at radius 1 is 1.37 bits per heavy atom.